The molecule has 0 aromatic heterocycles. The molecule has 0 spiro atoms. The minimum atomic E-state index is -3.73. The van der Waals surface area contributed by atoms with Crippen LogP contribution in [0.15, 0.2) is 53.4 Å². The van der Waals surface area contributed by atoms with Gasteiger partial charge in [-0.3, -0.25) is 4.79 Å². The minimum absolute atomic E-state index is 0.0109. The highest BCUT2D eigenvalue weighted by Crippen LogP contribution is 2.32. The first-order valence-corrected chi connectivity index (χ1v) is 11.9. The van der Waals surface area contributed by atoms with E-state index in [1.165, 1.54) is 4.31 Å². The van der Waals surface area contributed by atoms with E-state index in [9.17, 15) is 13.2 Å². The number of sulfonamides is 1. The van der Waals surface area contributed by atoms with E-state index in [0.29, 0.717) is 30.9 Å². The molecule has 1 fully saturated rings. The molecule has 1 N–H and O–H groups in total. The lowest BCUT2D eigenvalue weighted by molar-refractivity contribution is -0.124. The Morgan fingerprint density at radius 1 is 1.10 bits per heavy atom. The maximum absolute atomic E-state index is 13.0. The summed E-state index contributed by atoms with van der Waals surface area (Å²) in [6.45, 7) is 6.07. The van der Waals surface area contributed by atoms with Gasteiger partial charge in [0.2, 0.25) is 15.9 Å². The normalized spacial score (nSPS) is 18.0. The number of amides is 1. The molecule has 3 rings (SSSR count). The van der Waals surface area contributed by atoms with Crippen molar-refractivity contribution in [3.8, 4) is 11.5 Å². The number of benzene rings is 2. The standard InChI is InChI=1S/C23H30N2O5S/c1-16(2)30-21-13-12-18(15-22(21)29-4)17(3)24-23(26)20-11-8-14-25(20)31(27,28)19-9-6-5-7-10-19/h5-7,9-10,12-13,15-17,20H,8,11,14H2,1-4H3,(H,24,26). The van der Waals surface area contributed by atoms with Crippen LogP contribution in [-0.2, 0) is 14.8 Å². The second-order valence-electron chi connectivity index (χ2n) is 7.89. The molecule has 8 heteroatoms. The first kappa shape index (κ1) is 23.1. The van der Waals surface area contributed by atoms with Crippen LogP contribution in [0.25, 0.3) is 0 Å². The fourth-order valence-electron chi connectivity index (χ4n) is 3.72. The molecule has 0 aliphatic carbocycles. The van der Waals surface area contributed by atoms with Crippen molar-refractivity contribution in [3.63, 3.8) is 0 Å². The van der Waals surface area contributed by atoms with Crippen molar-refractivity contribution in [1.82, 2.24) is 9.62 Å². The van der Waals surface area contributed by atoms with E-state index in [2.05, 4.69) is 5.32 Å². The van der Waals surface area contributed by atoms with Crippen molar-refractivity contribution in [3.05, 3.63) is 54.1 Å². The van der Waals surface area contributed by atoms with Crippen molar-refractivity contribution in [2.75, 3.05) is 13.7 Å². The number of nitrogens with one attached hydrogen (secondary N) is 1. The average molecular weight is 447 g/mol. The lowest BCUT2D eigenvalue weighted by Gasteiger charge is -2.25. The van der Waals surface area contributed by atoms with Crippen LogP contribution in [0.4, 0.5) is 0 Å². The van der Waals surface area contributed by atoms with Crippen LogP contribution in [0.1, 0.15) is 45.2 Å². The lowest BCUT2D eigenvalue weighted by Crippen LogP contribution is -2.46. The fraction of sp³-hybridized carbons (Fsp3) is 0.435. The van der Waals surface area contributed by atoms with E-state index in [0.717, 1.165) is 5.56 Å². The van der Waals surface area contributed by atoms with E-state index in [1.54, 1.807) is 37.4 Å². The SMILES string of the molecule is COc1cc(C(C)NC(=O)C2CCCN2S(=O)(=O)c2ccccc2)ccc1OC(C)C. The van der Waals surface area contributed by atoms with Crippen molar-refractivity contribution >= 4 is 15.9 Å². The predicted octanol–water partition coefficient (Wildman–Crippen LogP) is 3.51. The number of ether oxygens (including phenoxy) is 2. The molecular weight excluding hydrogens is 416 g/mol. The molecule has 2 unspecified atom stereocenters. The molecule has 0 saturated carbocycles. The quantitative estimate of drug-likeness (QED) is 0.671. The summed E-state index contributed by atoms with van der Waals surface area (Å²) < 4.78 is 38.5. The summed E-state index contributed by atoms with van der Waals surface area (Å²) in [6.07, 6.45) is 1.15. The molecule has 2 aromatic rings. The van der Waals surface area contributed by atoms with Gasteiger partial charge in [-0.1, -0.05) is 24.3 Å². The molecule has 31 heavy (non-hydrogen) atoms. The Bertz CT molecular complexity index is 1010. The summed E-state index contributed by atoms with van der Waals surface area (Å²) >= 11 is 0. The summed E-state index contributed by atoms with van der Waals surface area (Å²) in [7, 11) is -2.16. The molecule has 7 nitrogen and oxygen atoms in total. The van der Waals surface area contributed by atoms with Crippen LogP contribution in [0.2, 0.25) is 0 Å². The first-order chi connectivity index (χ1) is 14.7. The zero-order valence-electron chi connectivity index (χ0n) is 18.4. The number of methoxy groups -OCH3 is 1. The summed E-state index contributed by atoms with van der Waals surface area (Å²) in [5, 5.41) is 2.96. The second-order valence-corrected chi connectivity index (χ2v) is 9.78. The third kappa shape index (κ3) is 5.19. The van der Waals surface area contributed by atoms with Crippen molar-refractivity contribution in [2.24, 2.45) is 0 Å². The highest BCUT2D eigenvalue weighted by molar-refractivity contribution is 7.89. The molecule has 2 atom stereocenters. The summed E-state index contributed by atoms with van der Waals surface area (Å²) in [4.78, 5) is 13.2. The average Bonchev–Trinajstić information content (AvgIpc) is 3.25. The smallest absolute Gasteiger partial charge is 0.243 e. The third-order valence-corrected chi connectivity index (χ3v) is 7.19. The zero-order chi connectivity index (χ0) is 22.6. The van der Waals surface area contributed by atoms with Gasteiger partial charge in [0.15, 0.2) is 11.5 Å². The van der Waals surface area contributed by atoms with Gasteiger partial charge in [0.05, 0.1) is 24.2 Å². The van der Waals surface area contributed by atoms with Gasteiger partial charge in [-0.05, 0) is 63.4 Å². The molecule has 2 aromatic carbocycles. The van der Waals surface area contributed by atoms with Gasteiger partial charge in [0, 0.05) is 6.54 Å². The van der Waals surface area contributed by atoms with Gasteiger partial charge in [-0.2, -0.15) is 4.31 Å². The van der Waals surface area contributed by atoms with Crippen LogP contribution in [0.5, 0.6) is 11.5 Å². The Morgan fingerprint density at radius 3 is 2.45 bits per heavy atom. The van der Waals surface area contributed by atoms with Crippen molar-refractivity contribution in [1.29, 1.82) is 0 Å². The molecular formula is C23H30N2O5S. The number of carbonyl (C=O) groups excluding carboxylic acids is 1. The Hall–Kier alpha value is -2.58. The van der Waals surface area contributed by atoms with Crippen LogP contribution in [0.3, 0.4) is 0 Å². The highest BCUT2D eigenvalue weighted by Gasteiger charge is 2.39. The molecule has 1 saturated heterocycles. The number of nitrogens with zero attached hydrogens (tertiary/aromatic N) is 1. The topological polar surface area (TPSA) is 84.9 Å². The van der Waals surface area contributed by atoms with Gasteiger partial charge in [-0.25, -0.2) is 8.42 Å². The lowest BCUT2D eigenvalue weighted by atomic mass is 10.1. The van der Waals surface area contributed by atoms with E-state index in [-0.39, 0.29) is 22.9 Å². The molecule has 1 heterocycles. The highest BCUT2D eigenvalue weighted by atomic mass is 32.2. The molecule has 0 radical (unpaired) electrons. The minimum Gasteiger partial charge on any atom is -0.493 e. The molecule has 1 amide bonds. The van der Waals surface area contributed by atoms with Crippen LogP contribution < -0.4 is 14.8 Å². The number of carbonyl (C=O) groups is 1. The Morgan fingerprint density at radius 2 is 1.81 bits per heavy atom. The summed E-state index contributed by atoms with van der Waals surface area (Å²) in [6, 6.07) is 12.7. The Labute approximate surface area is 184 Å². The zero-order valence-corrected chi connectivity index (χ0v) is 19.2. The van der Waals surface area contributed by atoms with E-state index >= 15 is 0 Å². The van der Waals surface area contributed by atoms with Gasteiger partial charge in [0.25, 0.3) is 0 Å². The third-order valence-electron chi connectivity index (χ3n) is 5.27. The number of hydrogen-bond acceptors (Lipinski definition) is 5. The van der Waals surface area contributed by atoms with Gasteiger partial charge in [0.1, 0.15) is 6.04 Å². The summed E-state index contributed by atoms with van der Waals surface area (Å²) in [5.41, 5.74) is 0.844. The van der Waals surface area contributed by atoms with Crippen LogP contribution >= 0.6 is 0 Å². The van der Waals surface area contributed by atoms with Gasteiger partial charge in [-0.15, -0.1) is 0 Å². The monoisotopic (exact) mass is 446 g/mol. The molecule has 168 valence electrons. The summed E-state index contributed by atoms with van der Waals surface area (Å²) in [5.74, 6) is 0.920. The van der Waals surface area contributed by atoms with Crippen molar-refractivity contribution in [2.45, 2.75) is 56.7 Å². The maximum Gasteiger partial charge on any atom is 0.243 e. The molecule has 0 bridgehead atoms. The van der Waals surface area contributed by atoms with Crippen LogP contribution in [0, 0.1) is 0 Å². The maximum atomic E-state index is 13.0. The Kier molecular flexibility index (Phi) is 7.23. The van der Waals surface area contributed by atoms with Crippen LogP contribution in [-0.4, -0.2) is 44.4 Å². The van der Waals surface area contributed by atoms with Crippen molar-refractivity contribution < 1.29 is 22.7 Å². The van der Waals surface area contributed by atoms with E-state index in [1.807, 2.05) is 39.0 Å². The largest absolute Gasteiger partial charge is 0.493 e. The predicted molar refractivity (Wildman–Crippen MR) is 119 cm³/mol. The molecule has 1 aliphatic heterocycles. The fourth-order valence-corrected chi connectivity index (χ4v) is 5.39. The van der Waals surface area contributed by atoms with E-state index in [4.69, 9.17) is 9.47 Å². The first-order valence-electron chi connectivity index (χ1n) is 10.5. The number of hydrogen-bond donors (Lipinski definition) is 1. The Balaban J connectivity index is 1.74. The van der Waals surface area contributed by atoms with E-state index < -0.39 is 16.1 Å². The van der Waals surface area contributed by atoms with Gasteiger partial charge < -0.3 is 14.8 Å². The molecule has 1 aliphatic rings. The second kappa shape index (κ2) is 9.70. The van der Waals surface area contributed by atoms with Gasteiger partial charge >= 0.3 is 0 Å². The number of rotatable bonds is 8.